The van der Waals surface area contributed by atoms with Crippen LogP contribution < -0.4 is 15.5 Å². The summed E-state index contributed by atoms with van der Waals surface area (Å²) in [6.45, 7) is 7.93. The lowest BCUT2D eigenvalue weighted by molar-refractivity contribution is 0.0914. The molecule has 0 unspecified atom stereocenters. The number of anilines is 1. The largest absolute Gasteiger partial charge is 0.380 e. The number of amides is 1. The molecule has 0 atom stereocenters. The molecule has 0 spiro atoms. The Balaban J connectivity index is 1.70. The first kappa shape index (κ1) is 15.3. The van der Waals surface area contributed by atoms with Gasteiger partial charge in [0.15, 0.2) is 0 Å². The molecule has 2 aliphatic heterocycles. The van der Waals surface area contributed by atoms with E-state index in [1.165, 1.54) is 16.8 Å². The van der Waals surface area contributed by atoms with Crippen LogP contribution >= 0.6 is 0 Å². The Morgan fingerprint density at radius 2 is 2.27 bits per heavy atom. The first-order valence-electron chi connectivity index (χ1n) is 8.27. The number of benzene rings is 1. The third kappa shape index (κ3) is 3.10. The van der Waals surface area contributed by atoms with Gasteiger partial charge in [-0.1, -0.05) is 13.0 Å². The van der Waals surface area contributed by atoms with Gasteiger partial charge in [-0.15, -0.1) is 0 Å². The highest BCUT2D eigenvalue weighted by atomic mass is 16.5. The van der Waals surface area contributed by atoms with E-state index in [9.17, 15) is 4.79 Å². The number of hydrogen-bond acceptors (Lipinski definition) is 4. The lowest BCUT2D eigenvalue weighted by Gasteiger charge is -2.19. The Kier molecular flexibility index (Phi) is 4.95. The number of hydrogen-bond donors (Lipinski definition) is 2. The summed E-state index contributed by atoms with van der Waals surface area (Å²) in [6, 6.07) is 4.07. The maximum absolute atomic E-state index is 12.4. The van der Waals surface area contributed by atoms with Crippen LogP contribution in [0.5, 0.6) is 0 Å². The molecule has 1 amide bonds. The number of rotatable bonds is 6. The summed E-state index contributed by atoms with van der Waals surface area (Å²) < 4.78 is 5.41. The molecule has 22 heavy (non-hydrogen) atoms. The fraction of sp³-hybridized carbons (Fsp3) is 0.588. The van der Waals surface area contributed by atoms with Gasteiger partial charge >= 0.3 is 0 Å². The molecule has 5 nitrogen and oxygen atoms in total. The van der Waals surface area contributed by atoms with Crippen LogP contribution in [0.15, 0.2) is 12.1 Å². The predicted octanol–water partition coefficient (Wildman–Crippen LogP) is 1.31. The lowest BCUT2D eigenvalue weighted by atomic mass is 10.00. The van der Waals surface area contributed by atoms with Crippen LogP contribution in [0.4, 0.5) is 5.69 Å². The van der Waals surface area contributed by atoms with Gasteiger partial charge in [0.05, 0.1) is 6.61 Å². The predicted molar refractivity (Wildman–Crippen MR) is 87.5 cm³/mol. The molecule has 0 saturated heterocycles. The van der Waals surface area contributed by atoms with Crippen LogP contribution in [-0.4, -0.2) is 45.3 Å². The highest BCUT2D eigenvalue weighted by molar-refractivity contribution is 5.98. The molecule has 5 heteroatoms. The summed E-state index contributed by atoms with van der Waals surface area (Å²) >= 11 is 0. The second kappa shape index (κ2) is 7.11. The second-order valence-electron chi connectivity index (χ2n) is 5.88. The van der Waals surface area contributed by atoms with Gasteiger partial charge in [-0.05, 0) is 30.0 Å². The van der Waals surface area contributed by atoms with Gasteiger partial charge in [-0.3, -0.25) is 4.79 Å². The number of nitrogens with zero attached hydrogens (tertiary/aromatic N) is 1. The average Bonchev–Trinajstić information content (AvgIpc) is 2.83. The zero-order valence-corrected chi connectivity index (χ0v) is 13.3. The third-order valence-electron chi connectivity index (χ3n) is 4.31. The van der Waals surface area contributed by atoms with Crippen molar-refractivity contribution in [2.75, 3.05) is 44.3 Å². The minimum Gasteiger partial charge on any atom is -0.380 e. The molecule has 0 bridgehead atoms. The van der Waals surface area contributed by atoms with Crippen molar-refractivity contribution in [1.29, 1.82) is 0 Å². The van der Waals surface area contributed by atoms with E-state index >= 15 is 0 Å². The fourth-order valence-electron chi connectivity index (χ4n) is 3.28. The van der Waals surface area contributed by atoms with Crippen molar-refractivity contribution < 1.29 is 9.53 Å². The number of carbonyl (C=O) groups excluding carboxylic acids is 1. The highest BCUT2D eigenvalue weighted by Gasteiger charge is 2.28. The Morgan fingerprint density at radius 1 is 1.36 bits per heavy atom. The zero-order valence-electron chi connectivity index (χ0n) is 13.3. The Labute approximate surface area is 132 Å². The van der Waals surface area contributed by atoms with E-state index < -0.39 is 0 Å². The lowest BCUT2D eigenvalue weighted by Crippen LogP contribution is -2.28. The van der Waals surface area contributed by atoms with Crippen LogP contribution in [0.3, 0.4) is 0 Å². The Bertz CT molecular complexity index is 545. The standard InChI is InChI=1S/C17H25N3O2/c1-2-10-22-11-7-19-17(21)15-4-3-13-12-18-6-9-20-8-5-14(15)16(13)20/h3-4,18H,2,5-12H2,1H3,(H,19,21). The summed E-state index contributed by atoms with van der Waals surface area (Å²) in [5.41, 5.74) is 4.65. The molecule has 0 fully saturated rings. The zero-order chi connectivity index (χ0) is 15.4. The van der Waals surface area contributed by atoms with E-state index in [1.807, 2.05) is 6.07 Å². The van der Waals surface area contributed by atoms with Crippen LogP contribution in [0.25, 0.3) is 0 Å². The first-order chi connectivity index (χ1) is 10.8. The van der Waals surface area contributed by atoms with Crippen molar-refractivity contribution in [3.8, 4) is 0 Å². The van der Waals surface area contributed by atoms with Crippen molar-refractivity contribution in [2.24, 2.45) is 0 Å². The molecule has 0 aromatic heterocycles. The van der Waals surface area contributed by atoms with Gasteiger partial charge in [0, 0.05) is 50.6 Å². The van der Waals surface area contributed by atoms with Gasteiger partial charge in [0.25, 0.3) is 5.91 Å². The monoisotopic (exact) mass is 303 g/mol. The molecule has 2 aliphatic rings. The van der Waals surface area contributed by atoms with Gasteiger partial charge < -0.3 is 20.3 Å². The number of nitrogens with one attached hydrogen (secondary N) is 2. The maximum Gasteiger partial charge on any atom is 0.251 e. The first-order valence-corrected chi connectivity index (χ1v) is 8.27. The highest BCUT2D eigenvalue weighted by Crippen LogP contribution is 2.35. The van der Waals surface area contributed by atoms with Gasteiger partial charge in [-0.25, -0.2) is 0 Å². The molecule has 0 aliphatic carbocycles. The van der Waals surface area contributed by atoms with Crippen molar-refractivity contribution >= 4 is 11.6 Å². The fourth-order valence-corrected chi connectivity index (χ4v) is 3.28. The van der Waals surface area contributed by atoms with E-state index in [0.717, 1.165) is 51.2 Å². The van der Waals surface area contributed by atoms with Gasteiger partial charge in [0.1, 0.15) is 0 Å². The van der Waals surface area contributed by atoms with Crippen molar-refractivity contribution in [3.63, 3.8) is 0 Å². The van der Waals surface area contributed by atoms with Crippen LogP contribution in [0, 0.1) is 0 Å². The third-order valence-corrected chi connectivity index (χ3v) is 4.31. The SMILES string of the molecule is CCCOCCNC(=O)c1ccc2c3c1CCN3CCNC2. The van der Waals surface area contributed by atoms with Crippen LogP contribution in [0.1, 0.15) is 34.8 Å². The molecule has 0 radical (unpaired) electrons. The minimum absolute atomic E-state index is 0.0250. The molecule has 1 aromatic carbocycles. The average molecular weight is 303 g/mol. The summed E-state index contributed by atoms with van der Waals surface area (Å²) in [6.07, 6.45) is 1.98. The van der Waals surface area contributed by atoms with Gasteiger partial charge in [0.2, 0.25) is 0 Å². The smallest absolute Gasteiger partial charge is 0.251 e. The molecule has 2 N–H and O–H groups in total. The molecular formula is C17H25N3O2. The van der Waals surface area contributed by atoms with E-state index in [4.69, 9.17) is 4.74 Å². The Morgan fingerprint density at radius 3 is 3.14 bits per heavy atom. The molecule has 3 rings (SSSR count). The van der Waals surface area contributed by atoms with E-state index in [0.29, 0.717) is 13.2 Å². The molecule has 0 saturated carbocycles. The number of carbonyl (C=O) groups is 1. The summed E-state index contributed by atoms with van der Waals surface area (Å²) in [4.78, 5) is 14.9. The molecular weight excluding hydrogens is 278 g/mol. The van der Waals surface area contributed by atoms with E-state index in [1.54, 1.807) is 0 Å². The second-order valence-corrected chi connectivity index (χ2v) is 5.88. The van der Waals surface area contributed by atoms with Gasteiger partial charge in [-0.2, -0.15) is 0 Å². The van der Waals surface area contributed by atoms with Crippen LogP contribution in [-0.2, 0) is 17.7 Å². The normalized spacial score (nSPS) is 16.3. The number of ether oxygens (including phenoxy) is 1. The van der Waals surface area contributed by atoms with E-state index in [2.05, 4.69) is 28.5 Å². The topological polar surface area (TPSA) is 53.6 Å². The quantitative estimate of drug-likeness (QED) is 0.778. The molecule has 1 aromatic rings. The molecule has 120 valence electrons. The Hall–Kier alpha value is -1.59. The van der Waals surface area contributed by atoms with Crippen molar-refractivity contribution in [1.82, 2.24) is 10.6 Å². The summed E-state index contributed by atoms with van der Waals surface area (Å²) in [5, 5.41) is 6.41. The van der Waals surface area contributed by atoms with E-state index in [-0.39, 0.29) is 5.91 Å². The summed E-state index contributed by atoms with van der Waals surface area (Å²) in [7, 11) is 0. The molecule has 2 heterocycles. The van der Waals surface area contributed by atoms with Crippen LogP contribution in [0.2, 0.25) is 0 Å². The summed E-state index contributed by atoms with van der Waals surface area (Å²) in [5.74, 6) is 0.0250. The maximum atomic E-state index is 12.4. The van der Waals surface area contributed by atoms with Crippen molar-refractivity contribution in [2.45, 2.75) is 26.3 Å². The van der Waals surface area contributed by atoms with Crippen molar-refractivity contribution in [3.05, 3.63) is 28.8 Å². The minimum atomic E-state index is 0.0250.